The number of nitrogens with one attached hydrogen (secondary N) is 1. The Morgan fingerprint density at radius 2 is 1.43 bits per heavy atom. The minimum Gasteiger partial charge on any atom is -0.411 e. The molecule has 1 atom stereocenters. The van der Waals surface area contributed by atoms with Crippen molar-refractivity contribution in [2.75, 3.05) is 7.11 Å². The second kappa shape index (κ2) is 11.3. The summed E-state index contributed by atoms with van der Waals surface area (Å²) < 4.78 is 82.9. The summed E-state index contributed by atoms with van der Waals surface area (Å²) in [5.74, 6) is -0.564. The summed E-state index contributed by atoms with van der Waals surface area (Å²) in [6, 6.07) is 8.24. The lowest BCUT2D eigenvalue weighted by Gasteiger charge is -2.16. The van der Waals surface area contributed by atoms with E-state index in [9.17, 15) is 31.1 Å². The Labute approximate surface area is 207 Å². The van der Waals surface area contributed by atoms with Gasteiger partial charge in [0.25, 0.3) is 0 Å². The standard InChI is InChI=1S/C26H20F6N2O3/c1-37-23-15-20(13-14-22(23)34-36)33-24(35)4-2-3-21(16-5-9-18(10-6-16)25(27,28)29)17-7-11-19(12-8-17)26(30,31)32/h2-15,23,36H,1H3,(H,33,35)/b4-2+,34-22?. The van der Waals surface area contributed by atoms with Crippen LogP contribution in [0.3, 0.4) is 0 Å². The lowest BCUT2D eigenvalue weighted by Crippen LogP contribution is -2.27. The van der Waals surface area contributed by atoms with Gasteiger partial charge in [-0.1, -0.05) is 41.6 Å². The molecule has 3 rings (SSSR count). The number of nitrogens with zero attached hydrogens (tertiary/aromatic N) is 1. The van der Waals surface area contributed by atoms with Crippen molar-refractivity contribution in [3.05, 3.63) is 113 Å². The smallest absolute Gasteiger partial charge is 0.411 e. The molecule has 2 N–H and O–H groups in total. The molecule has 0 aromatic heterocycles. The number of allylic oxidation sites excluding steroid dienone is 3. The highest BCUT2D eigenvalue weighted by molar-refractivity contribution is 6.01. The number of benzene rings is 2. The lowest BCUT2D eigenvalue weighted by molar-refractivity contribution is -0.138. The van der Waals surface area contributed by atoms with Gasteiger partial charge >= 0.3 is 12.4 Å². The first kappa shape index (κ1) is 27.5. The molecule has 2 aromatic rings. The van der Waals surface area contributed by atoms with Crippen LogP contribution >= 0.6 is 0 Å². The molecule has 0 radical (unpaired) electrons. The van der Waals surface area contributed by atoms with E-state index in [1.54, 1.807) is 0 Å². The maximum atomic E-state index is 13.0. The van der Waals surface area contributed by atoms with Gasteiger partial charge in [0.15, 0.2) is 0 Å². The average molecular weight is 522 g/mol. The van der Waals surface area contributed by atoms with Crippen LogP contribution in [0.15, 0.2) is 95.8 Å². The van der Waals surface area contributed by atoms with Crippen molar-refractivity contribution in [2.24, 2.45) is 5.16 Å². The molecule has 0 saturated carbocycles. The third kappa shape index (κ3) is 7.20. The normalized spacial score (nSPS) is 17.1. The highest BCUT2D eigenvalue weighted by atomic mass is 19.4. The second-order valence-corrected chi connectivity index (χ2v) is 7.72. The average Bonchev–Trinajstić information content (AvgIpc) is 2.85. The maximum Gasteiger partial charge on any atom is 0.416 e. The number of rotatable bonds is 6. The van der Waals surface area contributed by atoms with E-state index >= 15 is 0 Å². The van der Waals surface area contributed by atoms with Gasteiger partial charge in [-0.25, -0.2) is 0 Å². The zero-order valence-corrected chi connectivity index (χ0v) is 19.1. The molecule has 1 aliphatic carbocycles. The van der Waals surface area contributed by atoms with Crippen LogP contribution in [-0.2, 0) is 21.9 Å². The van der Waals surface area contributed by atoms with Gasteiger partial charge < -0.3 is 15.3 Å². The Morgan fingerprint density at radius 1 is 0.919 bits per heavy atom. The van der Waals surface area contributed by atoms with Gasteiger partial charge in [0.1, 0.15) is 11.8 Å². The Morgan fingerprint density at radius 3 is 1.86 bits per heavy atom. The third-order valence-electron chi connectivity index (χ3n) is 5.25. The van der Waals surface area contributed by atoms with E-state index in [0.717, 1.165) is 30.3 Å². The number of ether oxygens (including phenoxy) is 1. The SMILES string of the molecule is COC1C=C(NC(=O)/C=C/C=C(c2ccc(C(F)(F)F)cc2)c2ccc(C(F)(F)F)cc2)C=CC1=NO. The van der Waals surface area contributed by atoms with Gasteiger partial charge in [0.2, 0.25) is 5.91 Å². The molecular weight excluding hydrogens is 502 g/mol. The first-order valence-corrected chi connectivity index (χ1v) is 10.6. The first-order chi connectivity index (χ1) is 17.4. The molecule has 5 nitrogen and oxygen atoms in total. The number of carbonyl (C=O) groups excluding carboxylic acids is 1. The number of amides is 1. The fourth-order valence-electron chi connectivity index (χ4n) is 3.39. The monoisotopic (exact) mass is 522 g/mol. The molecule has 0 fully saturated rings. The van der Waals surface area contributed by atoms with Crippen molar-refractivity contribution in [1.29, 1.82) is 0 Å². The van der Waals surface area contributed by atoms with Crippen LogP contribution in [-0.4, -0.2) is 30.0 Å². The summed E-state index contributed by atoms with van der Waals surface area (Å²) >= 11 is 0. The molecule has 2 aromatic carbocycles. The van der Waals surface area contributed by atoms with Crippen LogP contribution in [0.5, 0.6) is 0 Å². The molecular formula is C26H20F6N2O3. The molecule has 0 saturated heterocycles. The number of alkyl halides is 6. The van der Waals surface area contributed by atoms with Crippen LogP contribution in [0.1, 0.15) is 22.3 Å². The topological polar surface area (TPSA) is 70.9 Å². The van der Waals surface area contributed by atoms with Crippen molar-refractivity contribution in [2.45, 2.75) is 18.5 Å². The van der Waals surface area contributed by atoms with E-state index in [1.165, 1.54) is 61.8 Å². The minimum atomic E-state index is -4.55. The summed E-state index contributed by atoms with van der Waals surface area (Å²) in [7, 11) is 1.39. The molecule has 0 heterocycles. The van der Waals surface area contributed by atoms with Crippen molar-refractivity contribution >= 4 is 17.2 Å². The molecule has 194 valence electrons. The summed E-state index contributed by atoms with van der Waals surface area (Å²) in [6.45, 7) is 0. The zero-order chi connectivity index (χ0) is 27.2. The van der Waals surface area contributed by atoms with Gasteiger partial charge in [-0.3, -0.25) is 4.79 Å². The van der Waals surface area contributed by atoms with E-state index in [0.29, 0.717) is 22.4 Å². The predicted octanol–water partition coefficient (Wildman–Crippen LogP) is 6.13. The molecule has 1 aliphatic rings. The van der Waals surface area contributed by atoms with E-state index in [4.69, 9.17) is 9.94 Å². The zero-order valence-electron chi connectivity index (χ0n) is 19.1. The van der Waals surface area contributed by atoms with Crippen LogP contribution < -0.4 is 5.32 Å². The van der Waals surface area contributed by atoms with Gasteiger partial charge in [0, 0.05) is 18.9 Å². The van der Waals surface area contributed by atoms with Crippen molar-refractivity contribution in [1.82, 2.24) is 5.32 Å². The Balaban J connectivity index is 1.88. The summed E-state index contributed by atoms with van der Waals surface area (Å²) in [5, 5.41) is 14.6. The van der Waals surface area contributed by atoms with Gasteiger partial charge in [0.05, 0.1) is 11.1 Å². The highest BCUT2D eigenvalue weighted by Crippen LogP contribution is 2.33. The summed E-state index contributed by atoms with van der Waals surface area (Å²) in [4.78, 5) is 12.3. The summed E-state index contributed by atoms with van der Waals surface area (Å²) in [5.41, 5.74) is -0.262. The minimum absolute atomic E-state index is 0.233. The van der Waals surface area contributed by atoms with E-state index in [-0.39, 0.29) is 5.71 Å². The molecule has 1 amide bonds. The van der Waals surface area contributed by atoms with E-state index < -0.39 is 35.5 Å². The largest absolute Gasteiger partial charge is 0.416 e. The Kier molecular flexibility index (Phi) is 8.38. The van der Waals surface area contributed by atoms with E-state index in [1.807, 2.05) is 0 Å². The predicted molar refractivity (Wildman–Crippen MR) is 124 cm³/mol. The Hall–Kier alpha value is -4.12. The number of hydrogen-bond acceptors (Lipinski definition) is 4. The second-order valence-electron chi connectivity index (χ2n) is 7.72. The molecule has 37 heavy (non-hydrogen) atoms. The van der Waals surface area contributed by atoms with Gasteiger partial charge in [-0.15, -0.1) is 0 Å². The van der Waals surface area contributed by atoms with Crippen molar-refractivity contribution in [3.8, 4) is 0 Å². The van der Waals surface area contributed by atoms with Crippen LogP contribution in [0.2, 0.25) is 0 Å². The third-order valence-corrected chi connectivity index (χ3v) is 5.25. The van der Waals surface area contributed by atoms with Gasteiger partial charge in [-0.05, 0) is 59.2 Å². The maximum absolute atomic E-state index is 13.0. The number of methoxy groups -OCH3 is 1. The molecule has 0 aliphatic heterocycles. The number of carbonyl (C=O) groups is 1. The quantitative estimate of drug-likeness (QED) is 0.158. The van der Waals surface area contributed by atoms with Crippen molar-refractivity contribution in [3.63, 3.8) is 0 Å². The number of halogens is 6. The molecule has 1 unspecified atom stereocenters. The number of oxime groups is 1. The van der Waals surface area contributed by atoms with Crippen molar-refractivity contribution < 1.29 is 41.1 Å². The van der Waals surface area contributed by atoms with Crippen LogP contribution in [0, 0.1) is 0 Å². The number of hydrogen-bond donors (Lipinski definition) is 2. The fourth-order valence-corrected chi connectivity index (χ4v) is 3.39. The fraction of sp³-hybridized carbons (Fsp3) is 0.154. The summed E-state index contributed by atoms with van der Waals surface area (Å²) in [6.07, 6.45) is -1.48. The lowest BCUT2D eigenvalue weighted by atomic mass is 9.95. The Bertz CT molecular complexity index is 1210. The highest BCUT2D eigenvalue weighted by Gasteiger charge is 2.31. The van der Waals surface area contributed by atoms with E-state index in [2.05, 4.69) is 10.5 Å². The first-order valence-electron chi connectivity index (χ1n) is 10.6. The molecule has 0 spiro atoms. The van der Waals surface area contributed by atoms with Gasteiger partial charge in [-0.2, -0.15) is 26.3 Å². The molecule has 11 heteroatoms. The van der Waals surface area contributed by atoms with Crippen LogP contribution in [0.4, 0.5) is 26.3 Å². The van der Waals surface area contributed by atoms with Crippen LogP contribution in [0.25, 0.3) is 5.57 Å². The molecule has 0 bridgehead atoms.